The van der Waals surface area contributed by atoms with E-state index in [4.69, 9.17) is 0 Å². The Labute approximate surface area is 135 Å². The number of aromatic hydroxyl groups is 4. The SMILES string of the molecule is Oc1ccc(Cc2cccc(C3CCCCC3)c2O)c(O)c1O. The van der Waals surface area contributed by atoms with Gasteiger partial charge in [0, 0.05) is 12.0 Å². The first-order valence-electron chi connectivity index (χ1n) is 8.11. The van der Waals surface area contributed by atoms with Gasteiger partial charge in [0.1, 0.15) is 5.75 Å². The van der Waals surface area contributed by atoms with Gasteiger partial charge in [-0.25, -0.2) is 0 Å². The average Bonchev–Trinajstić information content (AvgIpc) is 2.58. The van der Waals surface area contributed by atoms with Crippen LogP contribution in [0.25, 0.3) is 0 Å². The highest BCUT2D eigenvalue weighted by Crippen LogP contribution is 2.41. The molecule has 0 amide bonds. The number of phenolic OH excluding ortho intramolecular Hbond substituents is 4. The molecule has 0 spiro atoms. The van der Waals surface area contributed by atoms with Crippen LogP contribution >= 0.6 is 0 Å². The molecular weight excluding hydrogens is 292 g/mol. The summed E-state index contributed by atoms with van der Waals surface area (Å²) in [5.74, 6) is -0.541. The molecule has 1 aliphatic rings. The second kappa shape index (κ2) is 6.41. The minimum absolute atomic E-state index is 0.284. The molecular formula is C19H22O4. The van der Waals surface area contributed by atoms with Crippen molar-refractivity contribution in [2.75, 3.05) is 0 Å². The standard InChI is InChI=1S/C19H22O4/c20-16-10-9-14(18(22)19(16)23)11-13-7-4-8-15(17(13)21)12-5-2-1-3-6-12/h4,7-10,12,20-23H,1-3,5-6,11H2. The van der Waals surface area contributed by atoms with Gasteiger partial charge in [0.05, 0.1) is 0 Å². The molecule has 1 aliphatic carbocycles. The molecule has 0 atom stereocenters. The quantitative estimate of drug-likeness (QED) is 0.642. The van der Waals surface area contributed by atoms with Gasteiger partial charge < -0.3 is 20.4 Å². The lowest BCUT2D eigenvalue weighted by atomic mass is 9.82. The minimum Gasteiger partial charge on any atom is -0.507 e. The zero-order valence-corrected chi connectivity index (χ0v) is 13.0. The molecule has 0 unspecified atom stereocenters. The van der Waals surface area contributed by atoms with Crippen LogP contribution in [-0.2, 0) is 6.42 Å². The predicted octanol–water partition coefficient (Wildman–Crippen LogP) is 4.15. The fourth-order valence-electron chi connectivity index (χ4n) is 3.46. The summed E-state index contributed by atoms with van der Waals surface area (Å²) in [6.07, 6.45) is 6.15. The lowest BCUT2D eigenvalue weighted by Gasteiger charge is -2.23. The third-order valence-corrected chi connectivity index (χ3v) is 4.79. The molecule has 3 rings (SSSR count). The third-order valence-electron chi connectivity index (χ3n) is 4.79. The molecule has 1 fully saturated rings. The van der Waals surface area contributed by atoms with Gasteiger partial charge in [0.25, 0.3) is 0 Å². The van der Waals surface area contributed by atoms with Crippen LogP contribution < -0.4 is 0 Å². The van der Waals surface area contributed by atoms with Crippen LogP contribution in [0.4, 0.5) is 0 Å². The predicted molar refractivity (Wildman–Crippen MR) is 88.2 cm³/mol. The Bertz CT molecular complexity index is 703. The lowest BCUT2D eigenvalue weighted by Crippen LogP contribution is -2.05. The van der Waals surface area contributed by atoms with Crippen molar-refractivity contribution in [3.63, 3.8) is 0 Å². The lowest BCUT2D eigenvalue weighted by molar-refractivity contribution is 0.365. The summed E-state index contributed by atoms with van der Waals surface area (Å²) in [6, 6.07) is 8.62. The van der Waals surface area contributed by atoms with Crippen LogP contribution in [-0.4, -0.2) is 20.4 Å². The molecule has 2 aromatic carbocycles. The number of para-hydroxylation sites is 1. The highest BCUT2D eigenvalue weighted by molar-refractivity contribution is 5.55. The van der Waals surface area contributed by atoms with E-state index in [9.17, 15) is 20.4 Å². The number of hydrogen-bond acceptors (Lipinski definition) is 4. The molecule has 4 N–H and O–H groups in total. The summed E-state index contributed by atoms with van der Waals surface area (Å²) in [4.78, 5) is 0. The van der Waals surface area contributed by atoms with Gasteiger partial charge in [-0.05, 0) is 36.0 Å². The second-order valence-electron chi connectivity index (χ2n) is 6.31. The van der Waals surface area contributed by atoms with Crippen molar-refractivity contribution in [1.29, 1.82) is 0 Å². The highest BCUT2D eigenvalue weighted by Gasteiger charge is 2.20. The van der Waals surface area contributed by atoms with E-state index in [1.807, 2.05) is 18.2 Å². The Morgan fingerprint density at radius 2 is 1.43 bits per heavy atom. The maximum Gasteiger partial charge on any atom is 0.200 e. The van der Waals surface area contributed by atoms with Crippen LogP contribution in [0.15, 0.2) is 30.3 Å². The van der Waals surface area contributed by atoms with Crippen molar-refractivity contribution < 1.29 is 20.4 Å². The first-order valence-corrected chi connectivity index (χ1v) is 8.11. The van der Waals surface area contributed by atoms with Gasteiger partial charge >= 0.3 is 0 Å². The monoisotopic (exact) mass is 314 g/mol. The second-order valence-corrected chi connectivity index (χ2v) is 6.31. The van der Waals surface area contributed by atoms with Crippen molar-refractivity contribution in [3.05, 3.63) is 47.0 Å². The highest BCUT2D eigenvalue weighted by atomic mass is 16.3. The van der Waals surface area contributed by atoms with Crippen molar-refractivity contribution in [2.45, 2.75) is 44.4 Å². The number of phenols is 4. The molecule has 0 saturated heterocycles. The van der Waals surface area contributed by atoms with E-state index >= 15 is 0 Å². The van der Waals surface area contributed by atoms with E-state index in [1.165, 1.54) is 25.3 Å². The Kier molecular flexibility index (Phi) is 4.33. The zero-order chi connectivity index (χ0) is 16.4. The Morgan fingerprint density at radius 1 is 0.739 bits per heavy atom. The summed E-state index contributed by atoms with van der Waals surface area (Å²) in [7, 11) is 0. The van der Waals surface area contributed by atoms with E-state index in [-0.39, 0.29) is 17.2 Å². The largest absolute Gasteiger partial charge is 0.507 e. The zero-order valence-electron chi connectivity index (χ0n) is 13.0. The summed E-state index contributed by atoms with van der Waals surface area (Å²) in [5, 5.41) is 39.6. The van der Waals surface area contributed by atoms with Gasteiger partial charge in [-0.2, -0.15) is 0 Å². The average molecular weight is 314 g/mol. The van der Waals surface area contributed by atoms with Gasteiger partial charge in [-0.15, -0.1) is 0 Å². The molecule has 4 nitrogen and oxygen atoms in total. The van der Waals surface area contributed by atoms with Crippen LogP contribution in [0.5, 0.6) is 23.0 Å². The number of hydrogen-bond donors (Lipinski definition) is 4. The Hall–Kier alpha value is -2.36. The molecule has 0 aliphatic heterocycles. The van der Waals surface area contributed by atoms with Crippen molar-refractivity contribution >= 4 is 0 Å². The summed E-state index contributed by atoms with van der Waals surface area (Å²) in [5.41, 5.74) is 2.16. The van der Waals surface area contributed by atoms with Crippen LogP contribution in [0, 0.1) is 0 Å². The molecule has 0 bridgehead atoms. The van der Waals surface area contributed by atoms with Gasteiger partial charge in [0.15, 0.2) is 11.5 Å². The maximum absolute atomic E-state index is 10.6. The van der Waals surface area contributed by atoms with Crippen LogP contribution in [0.1, 0.15) is 54.7 Å². The molecule has 2 aromatic rings. The number of benzene rings is 2. The van der Waals surface area contributed by atoms with Crippen molar-refractivity contribution in [1.82, 2.24) is 0 Å². The maximum atomic E-state index is 10.6. The van der Waals surface area contributed by atoms with Crippen LogP contribution in [0.2, 0.25) is 0 Å². The molecule has 0 radical (unpaired) electrons. The molecule has 0 heterocycles. The van der Waals surface area contributed by atoms with E-state index in [2.05, 4.69) is 0 Å². The molecule has 4 heteroatoms. The molecule has 23 heavy (non-hydrogen) atoms. The number of rotatable bonds is 3. The van der Waals surface area contributed by atoms with Gasteiger partial charge in [-0.1, -0.05) is 43.5 Å². The Balaban J connectivity index is 1.90. The summed E-state index contributed by atoms with van der Waals surface area (Å²) < 4.78 is 0. The van der Waals surface area contributed by atoms with Gasteiger partial charge in [-0.3, -0.25) is 0 Å². The third kappa shape index (κ3) is 3.07. The summed E-state index contributed by atoms with van der Waals surface area (Å²) in [6.45, 7) is 0. The van der Waals surface area contributed by atoms with E-state index in [1.54, 1.807) is 6.07 Å². The van der Waals surface area contributed by atoms with Crippen LogP contribution in [0.3, 0.4) is 0 Å². The van der Waals surface area contributed by atoms with Crippen molar-refractivity contribution in [2.24, 2.45) is 0 Å². The van der Waals surface area contributed by atoms with Crippen molar-refractivity contribution in [3.8, 4) is 23.0 Å². The van der Waals surface area contributed by atoms with E-state index < -0.39 is 5.75 Å². The van der Waals surface area contributed by atoms with E-state index in [0.717, 1.165) is 18.4 Å². The first kappa shape index (κ1) is 15.5. The van der Waals surface area contributed by atoms with Gasteiger partial charge in [0.2, 0.25) is 5.75 Å². The smallest absolute Gasteiger partial charge is 0.200 e. The van der Waals surface area contributed by atoms with E-state index in [0.29, 0.717) is 23.5 Å². The normalized spacial score (nSPS) is 15.7. The fourth-order valence-corrected chi connectivity index (χ4v) is 3.46. The minimum atomic E-state index is -0.523. The molecule has 0 aromatic heterocycles. The molecule has 122 valence electrons. The topological polar surface area (TPSA) is 80.9 Å². The summed E-state index contributed by atoms with van der Waals surface area (Å²) >= 11 is 0. The fraction of sp³-hybridized carbons (Fsp3) is 0.368. The molecule has 1 saturated carbocycles. The Morgan fingerprint density at radius 3 is 2.17 bits per heavy atom. The first-order chi connectivity index (χ1) is 11.1.